The zero-order valence-electron chi connectivity index (χ0n) is 13.0. The van der Waals surface area contributed by atoms with Crippen LogP contribution in [0.1, 0.15) is 18.2 Å². The van der Waals surface area contributed by atoms with E-state index in [0.717, 1.165) is 11.3 Å². The molecule has 2 heterocycles. The van der Waals surface area contributed by atoms with Gasteiger partial charge in [-0.2, -0.15) is 0 Å². The third-order valence-electron chi connectivity index (χ3n) is 3.92. The normalized spacial score (nSPS) is 14.1. The lowest BCUT2D eigenvalue weighted by atomic mass is 9.93. The molecule has 0 saturated heterocycles. The smallest absolute Gasteiger partial charge is 0.137 e. The summed E-state index contributed by atoms with van der Waals surface area (Å²) in [7, 11) is 1.73. The second-order valence-corrected chi connectivity index (χ2v) is 5.68. The van der Waals surface area contributed by atoms with E-state index in [2.05, 4.69) is 47.7 Å². The Hall–Kier alpha value is -2.17. The van der Waals surface area contributed by atoms with Gasteiger partial charge in [-0.15, -0.1) is 0 Å². The van der Waals surface area contributed by atoms with E-state index in [1.54, 1.807) is 7.11 Å². The van der Waals surface area contributed by atoms with Gasteiger partial charge in [0.05, 0.1) is 17.8 Å². The Balaban J connectivity index is 1.79. The first-order valence-corrected chi connectivity index (χ1v) is 7.43. The van der Waals surface area contributed by atoms with E-state index in [1.165, 1.54) is 5.56 Å². The Labute approximate surface area is 130 Å². The molecular formula is C18H21N3O. The van der Waals surface area contributed by atoms with Crippen molar-refractivity contribution in [1.29, 1.82) is 0 Å². The molecule has 0 aliphatic carbocycles. The minimum atomic E-state index is -0.244. The van der Waals surface area contributed by atoms with Gasteiger partial charge in [0.1, 0.15) is 5.65 Å². The van der Waals surface area contributed by atoms with Crippen LogP contribution >= 0.6 is 0 Å². The molecule has 0 aliphatic heterocycles. The maximum atomic E-state index is 5.42. The predicted molar refractivity (Wildman–Crippen MR) is 87.7 cm³/mol. The summed E-state index contributed by atoms with van der Waals surface area (Å²) in [6.45, 7) is 3.45. The standard InChI is InChI=1S/C18H21N3O/c1-18(14-22-2,15-8-4-3-5-9-15)19-12-16-13-21-11-7-6-10-17(21)20-16/h3-11,13,19H,12,14H2,1-2H3/t18-/m1/s1. The summed E-state index contributed by atoms with van der Waals surface area (Å²) < 4.78 is 7.46. The first kappa shape index (κ1) is 14.8. The molecule has 0 radical (unpaired) electrons. The van der Waals surface area contributed by atoms with Gasteiger partial charge in [-0.1, -0.05) is 36.4 Å². The van der Waals surface area contributed by atoms with Gasteiger partial charge in [-0.05, 0) is 24.6 Å². The summed E-state index contributed by atoms with van der Waals surface area (Å²) >= 11 is 0. The van der Waals surface area contributed by atoms with Crippen LogP contribution in [0.25, 0.3) is 5.65 Å². The highest BCUT2D eigenvalue weighted by Gasteiger charge is 2.26. The number of imidazole rings is 1. The number of aromatic nitrogens is 2. The zero-order valence-corrected chi connectivity index (χ0v) is 13.0. The molecule has 0 unspecified atom stereocenters. The molecule has 4 nitrogen and oxygen atoms in total. The molecule has 1 atom stereocenters. The topological polar surface area (TPSA) is 38.6 Å². The van der Waals surface area contributed by atoms with Crippen molar-refractivity contribution in [2.75, 3.05) is 13.7 Å². The second kappa shape index (κ2) is 6.30. The largest absolute Gasteiger partial charge is 0.382 e. The van der Waals surface area contributed by atoms with Gasteiger partial charge in [0, 0.05) is 26.0 Å². The number of hydrogen-bond donors (Lipinski definition) is 1. The highest BCUT2D eigenvalue weighted by molar-refractivity contribution is 5.39. The van der Waals surface area contributed by atoms with Crippen LogP contribution in [0, 0.1) is 0 Å². The van der Waals surface area contributed by atoms with Crippen LogP contribution in [-0.2, 0) is 16.8 Å². The van der Waals surface area contributed by atoms with Crippen molar-refractivity contribution in [2.24, 2.45) is 0 Å². The fourth-order valence-electron chi connectivity index (χ4n) is 2.69. The van der Waals surface area contributed by atoms with E-state index in [4.69, 9.17) is 4.74 Å². The van der Waals surface area contributed by atoms with E-state index in [1.807, 2.05) is 34.9 Å². The highest BCUT2D eigenvalue weighted by atomic mass is 16.5. The fraction of sp³-hybridized carbons (Fsp3) is 0.278. The number of benzene rings is 1. The average molecular weight is 295 g/mol. The molecule has 0 amide bonds. The van der Waals surface area contributed by atoms with E-state index >= 15 is 0 Å². The van der Waals surface area contributed by atoms with E-state index in [9.17, 15) is 0 Å². The van der Waals surface area contributed by atoms with E-state index in [-0.39, 0.29) is 5.54 Å². The molecule has 1 N–H and O–H groups in total. The van der Waals surface area contributed by atoms with Gasteiger partial charge in [0.15, 0.2) is 0 Å². The molecule has 114 valence electrons. The monoisotopic (exact) mass is 295 g/mol. The van der Waals surface area contributed by atoms with Crippen LogP contribution < -0.4 is 5.32 Å². The Bertz CT molecular complexity index is 705. The van der Waals surface area contributed by atoms with Gasteiger partial charge in [-0.25, -0.2) is 4.98 Å². The molecule has 0 spiro atoms. The first-order chi connectivity index (χ1) is 10.7. The third kappa shape index (κ3) is 3.03. The van der Waals surface area contributed by atoms with Crippen molar-refractivity contribution >= 4 is 5.65 Å². The number of fused-ring (bicyclic) bond motifs is 1. The SMILES string of the molecule is COC[C@@](C)(NCc1cn2ccccc2n1)c1ccccc1. The molecule has 0 aliphatic rings. The number of rotatable bonds is 6. The molecule has 0 saturated carbocycles. The highest BCUT2D eigenvalue weighted by Crippen LogP contribution is 2.21. The van der Waals surface area contributed by atoms with Gasteiger partial charge < -0.3 is 9.14 Å². The van der Waals surface area contributed by atoms with Gasteiger partial charge in [0.25, 0.3) is 0 Å². The molecule has 4 heteroatoms. The Kier molecular flexibility index (Phi) is 4.22. The maximum absolute atomic E-state index is 5.42. The lowest BCUT2D eigenvalue weighted by Crippen LogP contribution is -2.43. The average Bonchev–Trinajstić information content (AvgIpc) is 2.97. The lowest BCUT2D eigenvalue weighted by Gasteiger charge is -2.30. The van der Waals surface area contributed by atoms with Gasteiger partial charge >= 0.3 is 0 Å². The summed E-state index contributed by atoms with van der Waals surface area (Å²) in [6.07, 6.45) is 4.07. The van der Waals surface area contributed by atoms with Crippen LogP contribution in [0.4, 0.5) is 0 Å². The van der Waals surface area contributed by atoms with Gasteiger partial charge in [0.2, 0.25) is 0 Å². The molecule has 1 aromatic carbocycles. The summed E-state index contributed by atoms with van der Waals surface area (Å²) in [5.74, 6) is 0. The first-order valence-electron chi connectivity index (χ1n) is 7.43. The van der Waals surface area contributed by atoms with Crippen molar-refractivity contribution in [3.8, 4) is 0 Å². The Morgan fingerprint density at radius 1 is 1.14 bits per heavy atom. The molecule has 3 rings (SSSR count). The number of nitrogens with zero attached hydrogens (tertiary/aromatic N) is 2. The van der Waals surface area contributed by atoms with Crippen LogP contribution in [0.15, 0.2) is 60.9 Å². The molecule has 0 fully saturated rings. The van der Waals surface area contributed by atoms with Crippen LogP contribution in [-0.4, -0.2) is 23.1 Å². The summed E-state index contributed by atoms with van der Waals surface area (Å²) in [5, 5.41) is 3.59. The Morgan fingerprint density at radius 2 is 1.91 bits per heavy atom. The number of methoxy groups -OCH3 is 1. The Morgan fingerprint density at radius 3 is 2.64 bits per heavy atom. The molecule has 2 aromatic heterocycles. The lowest BCUT2D eigenvalue weighted by molar-refractivity contribution is 0.117. The summed E-state index contributed by atoms with van der Waals surface area (Å²) in [6, 6.07) is 16.4. The quantitative estimate of drug-likeness (QED) is 0.760. The molecule has 22 heavy (non-hydrogen) atoms. The zero-order chi connectivity index (χ0) is 15.4. The third-order valence-corrected chi connectivity index (χ3v) is 3.92. The van der Waals surface area contributed by atoms with Gasteiger partial charge in [-0.3, -0.25) is 5.32 Å². The van der Waals surface area contributed by atoms with Crippen molar-refractivity contribution in [3.63, 3.8) is 0 Å². The van der Waals surface area contributed by atoms with Crippen molar-refractivity contribution < 1.29 is 4.74 Å². The minimum Gasteiger partial charge on any atom is -0.382 e. The van der Waals surface area contributed by atoms with E-state index in [0.29, 0.717) is 13.2 Å². The second-order valence-electron chi connectivity index (χ2n) is 5.68. The van der Waals surface area contributed by atoms with Crippen LogP contribution in [0.2, 0.25) is 0 Å². The maximum Gasteiger partial charge on any atom is 0.137 e. The predicted octanol–water partition coefficient (Wildman–Crippen LogP) is 2.99. The van der Waals surface area contributed by atoms with Crippen LogP contribution in [0.3, 0.4) is 0 Å². The summed E-state index contributed by atoms with van der Waals surface area (Å²) in [4.78, 5) is 4.63. The fourth-order valence-corrected chi connectivity index (χ4v) is 2.69. The number of nitrogens with one attached hydrogen (secondary N) is 1. The molecule has 0 bridgehead atoms. The van der Waals surface area contributed by atoms with E-state index < -0.39 is 0 Å². The molecular weight excluding hydrogens is 274 g/mol. The van der Waals surface area contributed by atoms with Crippen molar-refractivity contribution in [3.05, 3.63) is 72.2 Å². The van der Waals surface area contributed by atoms with Crippen LogP contribution in [0.5, 0.6) is 0 Å². The molecule has 3 aromatic rings. The van der Waals surface area contributed by atoms with Crippen molar-refractivity contribution in [2.45, 2.75) is 19.0 Å². The summed E-state index contributed by atoms with van der Waals surface area (Å²) in [5.41, 5.74) is 2.95. The number of ether oxygens (including phenoxy) is 1. The number of pyridine rings is 1. The minimum absolute atomic E-state index is 0.244. The van der Waals surface area contributed by atoms with Crippen molar-refractivity contribution in [1.82, 2.24) is 14.7 Å². The number of hydrogen-bond acceptors (Lipinski definition) is 3.